The summed E-state index contributed by atoms with van der Waals surface area (Å²) in [5.41, 5.74) is 0. The lowest BCUT2D eigenvalue weighted by Gasteiger charge is -2.34. The highest BCUT2D eigenvalue weighted by Crippen LogP contribution is 2.29. The Bertz CT molecular complexity index is 369. The molecule has 0 heterocycles. The number of carbonyl (C=O) groups excluding carboxylic acids is 2. The summed E-state index contributed by atoms with van der Waals surface area (Å²) in [7, 11) is 0. The van der Waals surface area contributed by atoms with Crippen LogP contribution in [-0.2, 0) is 9.59 Å². The first-order valence-electron chi connectivity index (χ1n) is 9.26. The molecule has 0 aromatic rings. The highest BCUT2D eigenvalue weighted by Gasteiger charge is 2.27. The topological polar surface area (TPSA) is 61.4 Å². The zero-order chi connectivity index (χ0) is 17.2. The minimum absolute atomic E-state index is 0.00911. The van der Waals surface area contributed by atoms with Crippen LogP contribution < -0.4 is 10.6 Å². The van der Waals surface area contributed by atoms with Gasteiger partial charge in [0.2, 0.25) is 11.8 Å². The predicted molar refractivity (Wildman–Crippen MR) is 94.1 cm³/mol. The molecule has 0 aliphatic heterocycles. The molecule has 0 radical (unpaired) electrons. The second-order valence-electron chi connectivity index (χ2n) is 6.82. The molecule has 0 aromatic heterocycles. The Hall–Kier alpha value is -1.10. The predicted octanol–water partition coefficient (Wildman–Crippen LogP) is 2.17. The van der Waals surface area contributed by atoms with Gasteiger partial charge in [-0.05, 0) is 31.3 Å². The second kappa shape index (κ2) is 10.6. The summed E-state index contributed by atoms with van der Waals surface area (Å²) in [5.74, 6) is 1.17. The fourth-order valence-corrected chi connectivity index (χ4v) is 3.27. The van der Waals surface area contributed by atoms with E-state index in [0.29, 0.717) is 18.4 Å². The third kappa shape index (κ3) is 7.34. The molecule has 1 fully saturated rings. The average Bonchev–Trinajstić information content (AvgIpc) is 2.54. The van der Waals surface area contributed by atoms with E-state index < -0.39 is 0 Å². The molecule has 0 spiro atoms. The van der Waals surface area contributed by atoms with E-state index in [1.165, 1.54) is 12.8 Å². The molecule has 3 atom stereocenters. The van der Waals surface area contributed by atoms with Crippen molar-refractivity contribution in [2.24, 2.45) is 11.8 Å². The highest BCUT2D eigenvalue weighted by atomic mass is 16.2. The first-order chi connectivity index (χ1) is 11.0. The lowest BCUT2D eigenvalue weighted by molar-refractivity contribution is -0.127. The summed E-state index contributed by atoms with van der Waals surface area (Å²) >= 11 is 0. The molecule has 2 N–H and O–H groups in total. The van der Waals surface area contributed by atoms with Gasteiger partial charge in [0.05, 0.1) is 0 Å². The van der Waals surface area contributed by atoms with Gasteiger partial charge in [-0.1, -0.05) is 40.5 Å². The molecule has 0 unspecified atom stereocenters. The van der Waals surface area contributed by atoms with Gasteiger partial charge in [0, 0.05) is 32.0 Å². The van der Waals surface area contributed by atoms with Crippen molar-refractivity contribution >= 4 is 11.8 Å². The first kappa shape index (κ1) is 19.9. The molecule has 5 nitrogen and oxygen atoms in total. The monoisotopic (exact) mass is 325 g/mol. The van der Waals surface area contributed by atoms with Crippen LogP contribution in [0.3, 0.4) is 0 Å². The van der Waals surface area contributed by atoms with Crippen LogP contribution in [0.4, 0.5) is 0 Å². The number of carbonyl (C=O) groups is 2. The Morgan fingerprint density at radius 1 is 1.04 bits per heavy atom. The van der Waals surface area contributed by atoms with E-state index in [9.17, 15) is 9.59 Å². The maximum Gasteiger partial charge on any atom is 0.220 e. The van der Waals surface area contributed by atoms with Gasteiger partial charge in [0.25, 0.3) is 0 Å². The van der Waals surface area contributed by atoms with Crippen LogP contribution in [-0.4, -0.2) is 48.9 Å². The first-order valence-corrected chi connectivity index (χ1v) is 9.26. The van der Waals surface area contributed by atoms with E-state index in [-0.39, 0.29) is 30.7 Å². The van der Waals surface area contributed by atoms with E-state index >= 15 is 0 Å². The van der Waals surface area contributed by atoms with Gasteiger partial charge >= 0.3 is 0 Å². The third-order valence-corrected chi connectivity index (χ3v) is 5.28. The van der Waals surface area contributed by atoms with Crippen molar-refractivity contribution in [3.05, 3.63) is 0 Å². The van der Waals surface area contributed by atoms with Crippen molar-refractivity contribution in [1.82, 2.24) is 15.5 Å². The van der Waals surface area contributed by atoms with Crippen molar-refractivity contribution in [3.8, 4) is 0 Å². The fraction of sp³-hybridized carbons (Fsp3) is 0.889. The molecule has 1 saturated carbocycles. The van der Waals surface area contributed by atoms with Crippen LogP contribution in [0.1, 0.15) is 59.8 Å². The number of nitrogens with one attached hydrogen (secondary N) is 2. The van der Waals surface area contributed by atoms with E-state index in [1.54, 1.807) is 0 Å². The number of hydrogen-bond donors (Lipinski definition) is 2. The molecule has 1 rings (SSSR count). The summed E-state index contributed by atoms with van der Waals surface area (Å²) in [5, 5.41) is 6.02. The Kier molecular flexibility index (Phi) is 9.22. The zero-order valence-electron chi connectivity index (χ0n) is 15.4. The van der Waals surface area contributed by atoms with E-state index in [1.807, 2.05) is 0 Å². The van der Waals surface area contributed by atoms with E-state index in [4.69, 9.17) is 0 Å². The maximum absolute atomic E-state index is 12.0. The molecule has 23 heavy (non-hydrogen) atoms. The minimum atomic E-state index is -0.0302. The van der Waals surface area contributed by atoms with Crippen LogP contribution in [0.2, 0.25) is 0 Å². The standard InChI is InChI=1S/C18H35N3O2/c1-5-21(6-2)13-12-19-17(22)10-11-18(23)20-16-9-7-8-14(3)15(16)4/h14-16H,5-13H2,1-4H3,(H,19,22)(H,20,23)/t14-,15+,16+/m0/s1. The van der Waals surface area contributed by atoms with Crippen molar-refractivity contribution < 1.29 is 9.59 Å². The Morgan fingerprint density at radius 3 is 2.35 bits per heavy atom. The SMILES string of the molecule is CCN(CC)CCNC(=O)CCC(=O)N[C@@H]1CCC[C@H](C)[C@H]1C. The van der Waals surface area contributed by atoms with Crippen molar-refractivity contribution in [3.63, 3.8) is 0 Å². The largest absolute Gasteiger partial charge is 0.355 e. The number of likely N-dealkylation sites (N-methyl/N-ethyl adjacent to an activating group) is 1. The van der Waals surface area contributed by atoms with Gasteiger partial charge in [-0.3, -0.25) is 9.59 Å². The molecule has 1 aliphatic rings. The summed E-state index contributed by atoms with van der Waals surface area (Å²) in [6.07, 6.45) is 4.06. The number of hydrogen-bond acceptors (Lipinski definition) is 3. The second-order valence-corrected chi connectivity index (χ2v) is 6.82. The van der Waals surface area contributed by atoms with Crippen LogP contribution in [0, 0.1) is 11.8 Å². The molecule has 1 aliphatic carbocycles. The fourth-order valence-electron chi connectivity index (χ4n) is 3.27. The van der Waals surface area contributed by atoms with Gasteiger partial charge in [0.1, 0.15) is 0 Å². The Balaban J connectivity index is 2.18. The van der Waals surface area contributed by atoms with Gasteiger partial charge in [-0.15, -0.1) is 0 Å². The third-order valence-electron chi connectivity index (χ3n) is 5.28. The smallest absolute Gasteiger partial charge is 0.220 e. The number of nitrogens with zero attached hydrogens (tertiary/aromatic N) is 1. The van der Waals surface area contributed by atoms with Crippen LogP contribution >= 0.6 is 0 Å². The van der Waals surface area contributed by atoms with Crippen LogP contribution in [0.25, 0.3) is 0 Å². The highest BCUT2D eigenvalue weighted by molar-refractivity contribution is 5.83. The molecule has 2 amide bonds. The van der Waals surface area contributed by atoms with Crippen LogP contribution in [0.15, 0.2) is 0 Å². The normalized spacial score (nSPS) is 24.5. The van der Waals surface area contributed by atoms with E-state index in [0.717, 1.165) is 26.1 Å². The Labute approximate surface area is 141 Å². The van der Waals surface area contributed by atoms with E-state index in [2.05, 4.69) is 43.2 Å². The Morgan fingerprint density at radius 2 is 1.70 bits per heavy atom. The lowest BCUT2D eigenvalue weighted by atomic mass is 9.78. The molecule has 0 saturated heterocycles. The number of amides is 2. The lowest BCUT2D eigenvalue weighted by Crippen LogP contribution is -2.44. The van der Waals surface area contributed by atoms with Crippen LogP contribution in [0.5, 0.6) is 0 Å². The van der Waals surface area contributed by atoms with Gasteiger partial charge < -0.3 is 15.5 Å². The molecule has 5 heteroatoms. The molecule has 0 aromatic carbocycles. The van der Waals surface area contributed by atoms with Gasteiger partial charge in [-0.2, -0.15) is 0 Å². The molecular formula is C18H35N3O2. The summed E-state index contributed by atoms with van der Waals surface area (Å²) in [4.78, 5) is 26.1. The zero-order valence-corrected chi connectivity index (χ0v) is 15.4. The number of rotatable bonds is 9. The molecule has 0 bridgehead atoms. The van der Waals surface area contributed by atoms with Gasteiger partial charge in [-0.25, -0.2) is 0 Å². The van der Waals surface area contributed by atoms with Crippen molar-refractivity contribution in [1.29, 1.82) is 0 Å². The van der Waals surface area contributed by atoms with Crippen molar-refractivity contribution in [2.45, 2.75) is 65.8 Å². The molecule has 134 valence electrons. The van der Waals surface area contributed by atoms with Crippen molar-refractivity contribution in [2.75, 3.05) is 26.2 Å². The summed E-state index contributed by atoms with van der Waals surface area (Å²) in [6, 6.07) is 0.275. The summed E-state index contributed by atoms with van der Waals surface area (Å²) in [6.45, 7) is 12.2. The minimum Gasteiger partial charge on any atom is -0.355 e. The quantitative estimate of drug-likeness (QED) is 0.683. The summed E-state index contributed by atoms with van der Waals surface area (Å²) < 4.78 is 0. The molecular weight excluding hydrogens is 290 g/mol. The maximum atomic E-state index is 12.0. The van der Waals surface area contributed by atoms with Gasteiger partial charge in [0.15, 0.2) is 0 Å². The average molecular weight is 325 g/mol.